The predicted octanol–water partition coefficient (Wildman–Crippen LogP) is 5.54. The van der Waals surface area contributed by atoms with Gasteiger partial charge in [0.1, 0.15) is 0 Å². The lowest BCUT2D eigenvalue weighted by Crippen LogP contribution is -2.17. The number of amides is 1. The standard InChI is InChI=1S/C22H24ClN5OS/c1-15-7-8-17(23)13-19(15)25-20(29)14-30-22-27-26-21(16-9-11-24-12-10-16)28(22)18-5-3-2-4-6-18/h7-13,18H,2-6,14H2,1H3,(H,25,29). The van der Waals surface area contributed by atoms with E-state index in [1.165, 1.54) is 31.0 Å². The maximum atomic E-state index is 12.6. The highest BCUT2D eigenvalue weighted by molar-refractivity contribution is 7.99. The van der Waals surface area contributed by atoms with E-state index < -0.39 is 0 Å². The van der Waals surface area contributed by atoms with Crippen LogP contribution >= 0.6 is 23.4 Å². The molecule has 0 spiro atoms. The zero-order valence-corrected chi connectivity index (χ0v) is 18.4. The lowest BCUT2D eigenvalue weighted by molar-refractivity contribution is -0.113. The SMILES string of the molecule is Cc1ccc(Cl)cc1NC(=O)CSc1nnc(-c2ccncc2)n1C1CCCCC1. The summed E-state index contributed by atoms with van der Waals surface area (Å²) in [7, 11) is 0. The van der Waals surface area contributed by atoms with Crippen LogP contribution in [0.2, 0.25) is 5.02 Å². The summed E-state index contributed by atoms with van der Waals surface area (Å²) in [5.74, 6) is 1.01. The molecule has 6 nitrogen and oxygen atoms in total. The van der Waals surface area contributed by atoms with Gasteiger partial charge in [0, 0.05) is 34.7 Å². The molecule has 0 saturated heterocycles. The molecule has 1 aromatic carbocycles. The second-order valence-electron chi connectivity index (χ2n) is 7.50. The van der Waals surface area contributed by atoms with Gasteiger partial charge in [0.25, 0.3) is 0 Å². The Kier molecular flexibility index (Phi) is 6.69. The first-order chi connectivity index (χ1) is 14.6. The molecule has 0 radical (unpaired) electrons. The van der Waals surface area contributed by atoms with Crippen LogP contribution in [0.25, 0.3) is 11.4 Å². The number of hydrogen-bond donors (Lipinski definition) is 1. The smallest absolute Gasteiger partial charge is 0.234 e. The van der Waals surface area contributed by atoms with Crippen LogP contribution in [0.5, 0.6) is 0 Å². The maximum Gasteiger partial charge on any atom is 0.234 e. The number of anilines is 1. The Bertz CT molecular complexity index is 1020. The molecule has 1 aliphatic rings. The van der Waals surface area contributed by atoms with Crippen LogP contribution in [0.1, 0.15) is 43.7 Å². The summed E-state index contributed by atoms with van der Waals surface area (Å²) in [6.07, 6.45) is 9.43. The van der Waals surface area contributed by atoms with Gasteiger partial charge in [0.2, 0.25) is 5.91 Å². The van der Waals surface area contributed by atoms with Crippen LogP contribution < -0.4 is 5.32 Å². The number of carbonyl (C=O) groups is 1. The Hall–Kier alpha value is -2.38. The number of nitrogens with zero attached hydrogens (tertiary/aromatic N) is 4. The largest absolute Gasteiger partial charge is 0.325 e. The first-order valence-electron chi connectivity index (χ1n) is 10.2. The van der Waals surface area contributed by atoms with Crippen LogP contribution in [-0.2, 0) is 4.79 Å². The van der Waals surface area contributed by atoms with Crippen molar-refractivity contribution in [2.45, 2.75) is 50.2 Å². The summed E-state index contributed by atoms with van der Waals surface area (Å²) in [6.45, 7) is 1.94. The first kappa shape index (κ1) is 20.9. The van der Waals surface area contributed by atoms with E-state index in [-0.39, 0.29) is 11.7 Å². The summed E-state index contributed by atoms with van der Waals surface area (Å²) in [5.41, 5.74) is 2.70. The number of hydrogen-bond acceptors (Lipinski definition) is 5. The Labute approximate surface area is 185 Å². The van der Waals surface area contributed by atoms with Crippen LogP contribution in [0.15, 0.2) is 47.9 Å². The van der Waals surface area contributed by atoms with E-state index >= 15 is 0 Å². The molecule has 1 fully saturated rings. The maximum absolute atomic E-state index is 12.6. The number of benzene rings is 1. The van der Waals surface area contributed by atoms with Crippen molar-refractivity contribution in [1.82, 2.24) is 19.7 Å². The zero-order valence-electron chi connectivity index (χ0n) is 16.8. The monoisotopic (exact) mass is 441 g/mol. The Morgan fingerprint density at radius 2 is 1.93 bits per heavy atom. The minimum absolute atomic E-state index is 0.0889. The molecule has 0 atom stereocenters. The van der Waals surface area contributed by atoms with Gasteiger partial charge in [0.05, 0.1) is 5.75 Å². The normalized spacial score (nSPS) is 14.6. The third-order valence-corrected chi connectivity index (χ3v) is 6.53. The summed E-state index contributed by atoms with van der Waals surface area (Å²) >= 11 is 7.48. The van der Waals surface area contributed by atoms with Crippen molar-refractivity contribution >= 4 is 35.0 Å². The number of halogens is 1. The topological polar surface area (TPSA) is 72.7 Å². The fourth-order valence-corrected chi connectivity index (χ4v) is 4.76. The summed E-state index contributed by atoms with van der Waals surface area (Å²) in [6, 6.07) is 9.74. The molecular formula is C22H24ClN5OS. The average Bonchev–Trinajstić information content (AvgIpc) is 3.20. The molecule has 1 saturated carbocycles. The van der Waals surface area contributed by atoms with E-state index in [1.807, 2.05) is 31.2 Å². The molecule has 1 N–H and O–H groups in total. The number of rotatable bonds is 6. The molecule has 1 amide bonds. The number of pyridine rings is 1. The van der Waals surface area contributed by atoms with Crippen molar-refractivity contribution < 1.29 is 4.79 Å². The van der Waals surface area contributed by atoms with Gasteiger partial charge < -0.3 is 5.32 Å². The Balaban J connectivity index is 1.52. The molecule has 0 bridgehead atoms. The van der Waals surface area contributed by atoms with Crippen molar-refractivity contribution in [2.75, 3.05) is 11.1 Å². The molecule has 1 aliphatic carbocycles. The van der Waals surface area contributed by atoms with Crippen LogP contribution in [0, 0.1) is 6.92 Å². The van der Waals surface area contributed by atoms with E-state index in [1.54, 1.807) is 18.5 Å². The molecule has 156 valence electrons. The quantitative estimate of drug-likeness (QED) is 0.508. The predicted molar refractivity (Wildman–Crippen MR) is 121 cm³/mol. The van der Waals surface area contributed by atoms with Gasteiger partial charge in [-0.15, -0.1) is 10.2 Å². The number of aryl methyl sites for hydroxylation is 1. The highest BCUT2D eigenvalue weighted by atomic mass is 35.5. The molecule has 2 heterocycles. The van der Waals surface area contributed by atoms with E-state index in [9.17, 15) is 4.79 Å². The highest BCUT2D eigenvalue weighted by Gasteiger charge is 2.24. The van der Waals surface area contributed by atoms with Gasteiger partial charge in [-0.3, -0.25) is 14.3 Å². The van der Waals surface area contributed by atoms with Crippen molar-refractivity contribution in [3.8, 4) is 11.4 Å². The number of carbonyl (C=O) groups excluding carboxylic acids is 1. The van der Waals surface area contributed by atoms with E-state index in [0.717, 1.165) is 40.6 Å². The van der Waals surface area contributed by atoms with E-state index in [0.29, 0.717) is 11.1 Å². The van der Waals surface area contributed by atoms with Crippen LogP contribution in [0.4, 0.5) is 5.69 Å². The Morgan fingerprint density at radius 3 is 2.70 bits per heavy atom. The van der Waals surface area contributed by atoms with Crippen LogP contribution in [-0.4, -0.2) is 31.4 Å². The summed E-state index contributed by atoms with van der Waals surface area (Å²) in [4.78, 5) is 16.7. The molecule has 0 aliphatic heterocycles. The third-order valence-electron chi connectivity index (χ3n) is 5.35. The lowest BCUT2D eigenvalue weighted by Gasteiger charge is -2.25. The second-order valence-corrected chi connectivity index (χ2v) is 8.88. The van der Waals surface area contributed by atoms with Gasteiger partial charge in [-0.1, -0.05) is 48.7 Å². The molecule has 3 aromatic rings. The first-order valence-corrected chi connectivity index (χ1v) is 11.5. The number of nitrogens with one attached hydrogen (secondary N) is 1. The van der Waals surface area contributed by atoms with Gasteiger partial charge in [0.15, 0.2) is 11.0 Å². The van der Waals surface area contributed by atoms with Crippen molar-refractivity contribution in [3.05, 3.63) is 53.3 Å². The van der Waals surface area contributed by atoms with Gasteiger partial charge >= 0.3 is 0 Å². The molecule has 4 rings (SSSR count). The highest BCUT2D eigenvalue weighted by Crippen LogP contribution is 2.35. The Morgan fingerprint density at radius 1 is 1.17 bits per heavy atom. The van der Waals surface area contributed by atoms with Gasteiger partial charge in [-0.05, 0) is 49.6 Å². The van der Waals surface area contributed by atoms with Crippen molar-refractivity contribution in [1.29, 1.82) is 0 Å². The minimum atomic E-state index is -0.0889. The fourth-order valence-electron chi connectivity index (χ4n) is 3.79. The third kappa shape index (κ3) is 4.84. The second kappa shape index (κ2) is 9.62. The zero-order chi connectivity index (χ0) is 20.9. The molecule has 2 aromatic heterocycles. The molecular weight excluding hydrogens is 418 g/mol. The molecule has 8 heteroatoms. The van der Waals surface area contributed by atoms with Crippen molar-refractivity contribution in [2.24, 2.45) is 0 Å². The van der Waals surface area contributed by atoms with Gasteiger partial charge in [-0.25, -0.2) is 0 Å². The minimum Gasteiger partial charge on any atom is -0.325 e. The fraction of sp³-hybridized carbons (Fsp3) is 0.364. The average molecular weight is 442 g/mol. The van der Waals surface area contributed by atoms with Crippen molar-refractivity contribution in [3.63, 3.8) is 0 Å². The molecule has 0 unspecified atom stereocenters. The molecule has 30 heavy (non-hydrogen) atoms. The summed E-state index contributed by atoms with van der Waals surface area (Å²) < 4.78 is 2.22. The number of aromatic nitrogens is 4. The van der Waals surface area contributed by atoms with Gasteiger partial charge in [-0.2, -0.15) is 0 Å². The summed E-state index contributed by atoms with van der Waals surface area (Å²) in [5, 5.41) is 13.2. The van der Waals surface area contributed by atoms with E-state index in [4.69, 9.17) is 11.6 Å². The van der Waals surface area contributed by atoms with Crippen LogP contribution in [0.3, 0.4) is 0 Å². The number of thioether (sulfide) groups is 1. The van der Waals surface area contributed by atoms with E-state index in [2.05, 4.69) is 25.1 Å². The lowest BCUT2D eigenvalue weighted by atomic mass is 9.95.